The van der Waals surface area contributed by atoms with Gasteiger partial charge in [0.15, 0.2) is 0 Å². The van der Waals surface area contributed by atoms with Crippen LogP contribution >= 0.6 is 11.8 Å². The number of alkyl halides is 5. The summed E-state index contributed by atoms with van der Waals surface area (Å²) < 4.78 is 63.3. The van der Waals surface area contributed by atoms with E-state index >= 15 is 0 Å². The van der Waals surface area contributed by atoms with Crippen LogP contribution in [0.5, 0.6) is 0 Å². The molecule has 0 spiro atoms. The van der Waals surface area contributed by atoms with E-state index in [0.29, 0.717) is 24.7 Å². The number of benzene rings is 1. The molecule has 1 aliphatic heterocycles. The van der Waals surface area contributed by atoms with Gasteiger partial charge in [0.2, 0.25) is 12.3 Å². The SMILES string of the molecule is O=C(Nc1cc(C(F)(F)F)ccc1SCC(F)F)C1CCCNC1. The molecule has 0 aromatic heterocycles. The Labute approximate surface area is 140 Å². The monoisotopic (exact) mass is 368 g/mol. The van der Waals surface area contributed by atoms with Crippen LogP contribution in [-0.2, 0) is 11.0 Å². The standard InChI is InChI=1S/C15H17F5N2OS/c16-13(17)8-24-12-4-3-10(15(18,19)20)6-11(12)22-14(23)9-2-1-5-21-7-9/h3-4,6,9,13,21H,1-2,5,7-8H2,(H,22,23). The van der Waals surface area contributed by atoms with Crippen molar-refractivity contribution in [1.29, 1.82) is 0 Å². The van der Waals surface area contributed by atoms with Gasteiger partial charge in [0.05, 0.1) is 22.9 Å². The van der Waals surface area contributed by atoms with Crippen molar-refractivity contribution in [3.63, 3.8) is 0 Å². The predicted octanol–water partition coefficient (Wildman–Crippen LogP) is 4.00. The Morgan fingerprint density at radius 2 is 2.12 bits per heavy atom. The first-order valence-electron chi connectivity index (χ1n) is 7.41. The first kappa shape index (κ1) is 19.0. The van der Waals surface area contributed by atoms with E-state index in [2.05, 4.69) is 10.6 Å². The number of hydrogen-bond acceptors (Lipinski definition) is 3. The van der Waals surface area contributed by atoms with Crippen molar-refractivity contribution in [2.75, 3.05) is 24.2 Å². The number of rotatable bonds is 5. The smallest absolute Gasteiger partial charge is 0.325 e. The van der Waals surface area contributed by atoms with Crippen molar-refractivity contribution in [2.24, 2.45) is 5.92 Å². The number of hydrogen-bond donors (Lipinski definition) is 2. The maximum Gasteiger partial charge on any atom is 0.416 e. The number of amides is 1. The van der Waals surface area contributed by atoms with E-state index in [0.717, 1.165) is 31.2 Å². The van der Waals surface area contributed by atoms with Gasteiger partial charge in [-0.3, -0.25) is 4.79 Å². The van der Waals surface area contributed by atoms with E-state index < -0.39 is 29.8 Å². The van der Waals surface area contributed by atoms with E-state index in [1.54, 1.807) is 0 Å². The molecule has 0 bridgehead atoms. The van der Waals surface area contributed by atoms with Gasteiger partial charge in [0, 0.05) is 11.4 Å². The zero-order chi connectivity index (χ0) is 17.7. The van der Waals surface area contributed by atoms with Gasteiger partial charge < -0.3 is 10.6 Å². The summed E-state index contributed by atoms with van der Waals surface area (Å²) in [5.41, 5.74) is -1.01. The minimum Gasteiger partial charge on any atom is -0.325 e. The number of carbonyl (C=O) groups is 1. The van der Waals surface area contributed by atoms with Crippen molar-refractivity contribution < 1.29 is 26.7 Å². The normalized spacial score (nSPS) is 18.7. The molecule has 0 saturated carbocycles. The molecule has 0 aliphatic carbocycles. The van der Waals surface area contributed by atoms with E-state index in [4.69, 9.17) is 0 Å². The van der Waals surface area contributed by atoms with Gasteiger partial charge in [0.1, 0.15) is 0 Å². The molecule has 9 heteroatoms. The largest absolute Gasteiger partial charge is 0.416 e. The van der Waals surface area contributed by atoms with E-state index in [-0.39, 0.29) is 16.5 Å². The molecule has 1 atom stereocenters. The van der Waals surface area contributed by atoms with Crippen LogP contribution in [0.1, 0.15) is 18.4 Å². The minimum absolute atomic E-state index is 0.0777. The molecule has 1 aromatic carbocycles. The maximum absolute atomic E-state index is 12.9. The lowest BCUT2D eigenvalue weighted by atomic mass is 9.98. The van der Waals surface area contributed by atoms with Crippen molar-refractivity contribution in [3.05, 3.63) is 23.8 Å². The van der Waals surface area contributed by atoms with Crippen LogP contribution in [0.15, 0.2) is 23.1 Å². The maximum atomic E-state index is 12.9. The third-order valence-electron chi connectivity index (χ3n) is 3.60. The van der Waals surface area contributed by atoms with Gasteiger partial charge in [-0.1, -0.05) is 0 Å². The van der Waals surface area contributed by atoms with Crippen LogP contribution in [0.2, 0.25) is 0 Å². The van der Waals surface area contributed by atoms with Crippen molar-refractivity contribution in [1.82, 2.24) is 5.32 Å². The highest BCUT2D eigenvalue weighted by molar-refractivity contribution is 7.99. The van der Waals surface area contributed by atoms with Crippen LogP contribution in [0.4, 0.5) is 27.6 Å². The highest BCUT2D eigenvalue weighted by Crippen LogP contribution is 2.36. The van der Waals surface area contributed by atoms with Crippen LogP contribution in [0.25, 0.3) is 0 Å². The first-order valence-corrected chi connectivity index (χ1v) is 8.39. The lowest BCUT2D eigenvalue weighted by Crippen LogP contribution is -2.37. The summed E-state index contributed by atoms with van der Waals surface area (Å²) in [6.07, 6.45) is -5.73. The summed E-state index contributed by atoms with van der Waals surface area (Å²) in [5, 5.41) is 5.52. The minimum atomic E-state index is -4.57. The average molecular weight is 368 g/mol. The molecular formula is C15H17F5N2OS. The Bertz CT molecular complexity index is 573. The third-order valence-corrected chi connectivity index (χ3v) is 4.68. The highest BCUT2D eigenvalue weighted by atomic mass is 32.2. The number of piperidine rings is 1. The Kier molecular flexibility index (Phi) is 6.45. The molecular weight excluding hydrogens is 351 g/mol. The molecule has 3 nitrogen and oxygen atoms in total. The van der Waals surface area contributed by atoms with Gasteiger partial charge in [-0.25, -0.2) is 8.78 Å². The van der Waals surface area contributed by atoms with E-state index in [1.807, 2.05) is 0 Å². The molecule has 1 fully saturated rings. The summed E-state index contributed by atoms with van der Waals surface area (Å²) in [4.78, 5) is 12.4. The Morgan fingerprint density at radius 3 is 2.71 bits per heavy atom. The molecule has 1 heterocycles. The summed E-state index contributed by atoms with van der Waals surface area (Å²) in [6, 6.07) is 2.73. The summed E-state index contributed by atoms with van der Waals surface area (Å²) in [5.74, 6) is -1.30. The fourth-order valence-corrected chi connectivity index (χ4v) is 3.13. The van der Waals surface area contributed by atoms with Crippen molar-refractivity contribution in [2.45, 2.75) is 30.3 Å². The Hall–Kier alpha value is -1.35. The summed E-state index contributed by atoms with van der Waals surface area (Å²) in [6.45, 7) is 1.24. The van der Waals surface area contributed by atoms with Gasteiger partial charge in [-0.15, -0.1) is 11.8 Å². The summed E-state index contributed by atoms with van der Waals surface area (Å²) in [7, 11) is 0. The van der Waals surface area contributed by atoms with Crippen molar-refractivity contribution >= 4 is 23.4 Å². The fraction of sp³-hybridized carbons (Fsp3) is 0.533. The van der Waals surface area contributed by atoms with Crippen LogP contribution in [0.3, 0.4) is 0 Å². The molecule has 2 rings (SSSR count). The molecule has 1 saturated heterocycles. The highest BCUT2D eigenvalue weighted by Gasteiger charge is 2.31. The lowest BCUT2D eigenvalue weighted by molar-refractivity contribution is -0.137. The summed E-state index contributed by atoms with van der Waals surface area (Å²) >= 11 is 0.715. The fourth-order valence-electron chi connectivity index (χ4n) is 2.39. The van der Waals surface area contributed by atoms with E-state index in [1.165, 1.54) is 0 Å². The number of thioether (sulfide) groups is 1. The molecule has 0 radical (unpaired) electrons. The van der Waals surface area contributed by atoms with Gasteiger partial charge in [-0.05, 0) is 37.6 Å². The number of halogens is 5. The molecule has 24 heavy (non-hydrogen) atoms. The molecule has 1 aromatic rings. The lowest BCUT2D eigenvalue weighted by Gasteiger charge is -2.23. The first-order chi connectivity index (χ1) is 11.3. The van der Waals surface area contributed by atoms with Crippen molar-refractivity contribution in [3.8, 4) is 0 Å². The quantitative estimate of drug-likeness (QED) is 0.610. The molecule has 1 amide bonds. The van der Waals surface area contributed by atoms with Gasteiger partial charge in [0.25, 0.3) is 0 Å². The molecule has 1 unspecified atom stereocenters. The number of nitrogens with one attached hydrogen (secondary N) is 2. The number of anilines is 1. The van der Waals surface area contributed by atoms with Crippen LogP contribution < -0.4 is 10.6 Å². The van der Waals surface area contributed by atoms with Crippen LogP contribution in [0, 0.1) is 5.92 Å². The zero-order valence-electron chi connectivity index (χ0n) is 12.6. The topological polar surface area (TPSA) is 41.1 Å². The molecule has 134 valence electrons. The second-order valence-corrected chi connectivity index (χ2v) is 6.51. The van der Waals surface area contributed by atoms with Crippen LogP contribution in [-0.4, -0.2) is 31.2 Å². The average Bonchev–Trinajstić information content (AvgIpc) is 2.53. The molecule has 1 aliphatic rings. The second-order valence-electron chi connectivity index (χ2n) is 5.44. The second kappa shape index (κ2) is 8.15. The Morgan fingerprint density at radius 1 is 1.38 bits per heavy atom. The predicted molar refractivity (Wildman–Crippen MR) is 82.4 cm³/mol. The third kappa shape index (κ3) is 5.34. The number of carbonyl (C=O) groups excluding carboxylic acids is 1. The van der Waals surface area contributed by atoms with E-state index in [9.17, 15) is 26.7 Å². The Balaban J connectivity index is 2.20. The van der Waals surface area contributed by atoms with Gasteiger partial charge >= 0.3 is 6.18 Å². The van der Waals surface area contributed by atoms with Gasteiger partial charge in [-0.2, -0.15) is 13.2 Å². The molecule has 2 N–H and O–H groups in total. The zero-order valence-corrected chi connectivity index (χ0v) is 13.4.